The first-order valence-corrected chi connectivity index (χ1v) is 9.68. The summed E-state index contributed by atoms with van der Waals surface area (Å²) in [5, 5.41) is 3.38. The first kappa shape index (κ1) is 18.3. The van der Waals surface area contributed by atoms with Gasteiger partial charge in [-0.3, -0.25) is 5.32 Å². The van der Waals surface area contributed by atoms with Gasteiger partial charge in [0, 0.05) is 20.3 Å². The molecule has 1 atom stereocenters. The molecule has 1 aromatic carbocycles. The summed E-state index contributed by atoms with van der Waals surface area (Å²) in [6.07, 6.45) is 3.24. The summed E-state index contributed by atoms with van der Waals surface area (Å²) in [6, 6.07) is 10.9. The number of nitrogens with one attached hydrogen (secondary N) is 1. The quantitative estimate of drug-likeness (QED) is 0.503. The third-order valence-corrected chi connectivity index (χ3v) is 6.19. The van der Waals surface area contributed by atoms with Crippen molar-refractivity contribution in [1.82, 2.24) is 5.32 Å². The van der Waals surface area contributed by atoms with E-state index in [0.29, 0.717) is 6.04 Å². The SMILES string of the molecule is CCCCC(NCC)O[Si](Cc1ccccc1)(OC)OC. The first-order chi connectivity index (χ1) is 10.2. The minimum absolute atomic E-state index is 0.00905. The second-order valence-electron chi connectivity index (χ2n) is 5.06. The highest BCUT2D eigenvalue weighted by atomic mass is 28.4. The number of rotatable bonds is 11. The molecule has 0 saturated heterocycles. The average Bonchev–Trinajstić information content (AvgIpc) is 2.53. The van der Waals surface area contributed by atoms with Gasteiger partial charge in [0.25, 0.3) is 0 Å². The molecule has 0 heterocycles. The maximum absolute atomic E-state index is 6.27. The van der Waals surface area contributed by atoms with Crippen LogP contribution in [0.4, 0.5) is 0 Å². The van der Waals surface area contributed by atoms with Crippen molar-refractivity contribution in [3.8, 4) is 0 Å². The van der Waals surface area contributed by atoms with Gasteiger partial charge in [-0.05, 0) is 24.9 Å². The molecule has 0 aliphatic carbocycles. The van der Waals surface area contributed by atoms with Crippen LogP contribution in [0.3, 0.4) is 0 Å². The van der Waals surface area contributed by atoms with Crippen molar-refractivity contribution in [2.45, 2.75) is 45.4 Å². The van der Waals surface area contributed by atoms with Crippen LogP contribution < -0.4 is 5.32 Å². The highest BCUT2D eigenvalue weighted by molar-refractivity contribution is 6.60. The summed E-state index contributed by atoms with van der Waals surface area (Å²) in [5.74, 6) is 0. The Balaban J connectivity index is 2.76. The van der Waals surface area contributed by atoms with Gasteiger partial charge < -0.3 is 13.3 Å². The molecule has 4 nitrogen and oxygen atoms in total. The van der Waals surface area contributed by atoms with E-state index < -0.39 is 8.80 Å². The van der Waals surface area contributed by atoms with E-state index in [1.54, 1.807) is 14.2 Å². The molecular formula is C16H29NO3Si. The van der Waals surface area contributed by atoms with Crippen LogP contribution in [0, 0.1) is 0 Å². The Bertz CT molecular complexity index is 371. The normalized spacial score (nSPS) is 13.3. The lowest BCUT2D eigenvalue weighted by Gasteiger charge is -2.31. The van der Waals surface area contributed by atoms with Crippen LogP contribution >= 0.6 is 0 Å². The molecule has 1 rings (SSSR count). The summed E-state index contributed by atoms with van der Waals surface area (Å²) in [6.45, 7) is 5.14. The Hall–Kier alpha value is -0.723. The van der Waals surface area contributed by atoms with Crippen molar-refractivity contribution in [2.75, 3.05) is 20.8 Å². The average molecular weight is 311 g/mol. The van der Waals surface area contributed by atoms with Gasteiger partial charge in [0.2, 0.25) is 0 Å². The fourth-order valence-corrected chi connectivity index (χ4v) is 4.35. The molecule has 0 aliphatic rings. The van der Waals surface area contributed by atoms with Crippen molar-refractivity contribution >= 4 is 8.80 Å². The summed E-state index contributed by atoms with van der Waals surface area (Å²) < 4.78 is 17.7. The first-order valence-electron chi connectivity index (χ1n) is 7.75. The van der Waals surface area contributed by atoms with E-state index in [1.165, 1.54) is 5.56 Å². The Kier molecular flexibility index (Phi) is 8.80. The zero-order valence-corrected chi connectivity index (χ0v) is 14.7. The van der Waals surface area contributed by atoms with Crippen LogP contribution in [0.5, 0.6) is 0 Å². The van der Waals surface area contributed by atoms with Gasteiger partial charge in [-0.25, -0.2) is 0 Å². The Labute approximate surface area is 130 Å². The molecule has 21 heavy (non-hydrogen) atoms. The zero-order chi connectivity index (χ0) is 15.6. The molecule has 120 valence electrons. The maximum atomic E-state index is 6.27. The fraction of sp³-hybridized carbons (Fsp3) is 0.625. The van der Waals surface area contributed by atoms with E-state index in [0.717, 1.165) is 25.8 Å². The van der Waals surface area contributed by atoms with Crippen molar-refractivity contribution in [1.29, 1.82) is 0 Å². The van der Waals surface area contributed by atoms with Crippen molar-refractivity contribution < 1.29 is 13.3 Å². The lowest BCUT2D eigenvalue weighted by Crippen LogP contribution is -2.52. The van der Waals surface area contributed by atoms with Crippen LogP contribution in [-0.4, -0.2) is 35.8 Å². The topological polar surface area (TPSA) is 39.7 Å². The lowest BCUT2D eigenvalue weighted by molar-refractivity contribution is 0.0341. The minimum atomic E-state index is -2.70. The molecule has 1 unspecified atom stereocenters. The van der Waals surface area contributed by atoms with Gasteiger partial charge >= 0.3 is 8.80 Å². The monoisotopic (exact) mass is 311 g/mol. The molecular weight excluding hydrogens is 282 g/mol. The third kappa shape index (κ3) is 6.28. The Morgan fingerprint density at radius 3 is 2.29 bits per heavy atom. The van der Waals surface area contributed by atoms with E-state index in [4.69, 9.17) is 13.3 Å². The Morgan fingerprint density at radius 2 is 1.76 bits per heavy atom. The second-order valence-corrected chi connectivity index (χ2v) is 7.83. The minimum Gasteiger partial charge on any atom is -0.377 e. The standard InChI is InChI=1S/C16H29NO3Si/c1-5-7-13-16(17-6-2)20-21(18-3,19-4)14-15-11-9-8-10-12-15/h8-12,16-17H,5-7,13-14H2,1-4H3. The van der Waals surface area contributed by atoms with Gasteiger partial charge in [0.15, 0.2) is 0 Å². The second kappa shape index (κ2) is 10.1. The third-order valence-electron chi connectivity index (χ3n) is 3.46. The zero-order valence-electron chi connectivity index (χ0n) is 13.7. The molecule has 0 spiro atoms. The van der Waals surface area contributed by atoms with Gasteiger partial charge in [-0.1, -0.05) is 50.6 Å². The van der Waals surface area contributed by atoms with Crippen LogP contribution in [-0.2, 0) is 19.3 Å². The summed E-state index contributed by atoms with van der Waals surface area (Å²) in [4.78, 5) is 0. The molecule has 0 aliphatic heterocycles. The fourth-order valence-electron chi connectivity index (χ4n) is 2.25. The van der Waals surface area contributed by atoms with Gasteiger partial charge in [-0.2, -0.15) is 0 Å². The largest absolute Gasteiger partial charge is 0.506 e. The van der Waals surface area contributed by atoms with Crippen LogP contribution in [0.2, 0.25) is 0 Å². The van der Waals surface area contributed by atoms with Gasteiger partial charge in [-0.15, -0.1) is 0 Å². The van der Waals surface area contributed by atoms with Crippen LogP contribution in [0.15, 0.2) is 30.3 Å². The lowest BCUT2D eigenvalue weighted by atomic mass is 10.2. The van der Waals surface area contributed by atoms with E-state index in [2.05, 4.69) is 31.3 Å². The molecule has 0 bridgehead atoms. The molecule has 0 fully saturated rings. The maximum Gasteiger partial charge on any atom is 0.506 e. The number of hydrogen-bond donors (Lipinski definition) is 1. The number of benzene rings is 1. The summed E-state index contributed by atoms with van der Waals surface area (Å²) >= 11 is 0. The number of unbranched alkanes of at least 4 members (excludes halogenated alkanes) is 1. The van der Waals surface area contributed by atoms with Crippen LogP contribution in [0.25, 0.3) is 0 Å². The predicted molar refractivity (Wildman–Crippen MR) is 88.0 cm³/mol. The molecule has 5 heteroatoms. The number of hydrogen-bond acceptors (Lipinski definition) is 4. The van der Waals surface area contributed by atoms with Crippen molar-refractivity contribution in [2.24, 2.45) is 0 Å². The summed E-state index contributed by atoms with van der Waals surface area (Å²) in [7, 11) is 0.667. The molecule has 0 saturated carbocycles. The van der Waals surface area contributed by atoms with E-state index in [-0.39, 0.29) is 6.23 Å². The molecule has 1 aromatic rings. The van der Waals surface area contributed by atoms with E-state index >= 15 is 0 Å². The van der Waals surface area contributed by atoms with Crippen molar-refractivity contribution in [3.05, 3.63) is 35.9 Å². The molecule has 1 N–H and O–H groups in total. The van der Waals surface area contributed by atoms with Crippen LogP contribution in [0.1, 0.15) is 38.7 Å². The van der Waals surface area contributed by atoms with Gasteiger partial charge in [0.1, 0.15) is 6.23 Å². The molecule has 0 radical (unpaired) electrons. The summed E-state index contributed by atoms with van der Waals surface area (Å²) in [5.41, 5.74) is 1.18. The highest BCUT2D eigenvalue weighted by Gasteiger charge is 2.41. The highest BCUT2D eigenvalue weighted by Crippen LogP contribution is 2.18. The van der Waals surface area contributed by atoms with E-state index in [9.17, 15) is 0 Å². The molecule has 0 aromatic heterocycles. The molecule has 0 amide bonds. The van der Waals surface area contributed by atoms with Crippen molar-refractivity contribution in [3.63, 3.8) is 0 Å². The smallest absolute Gasteiger partial charge is 0.377 e. The Morgan fingerprint density at radius 1 is 1.10 bits per heavy atom. The van der Waals surface area contributed by atoms with E-state index in [1.807, 2.05) is 18.2 Å². The van der Waals surface area contributed by atoms with Gasteiger partial charge in [0.05, 0.1) is 0 Å². The predicted octanol–water partition coefficient (Wildman–Crippen LogP) is 3.14.